The van der Waals surface area contributed by atoms with Crippen molar-refractivity contribution in [1.82, 2.24) is 0 Å². The highest BCUT2D eigenvalue weighted by atomic mass is 14.5. The smallest absolute Gasteiger partial charge is 0.0619 e. The minimum atomic E-state index is -0.409. The zero-order chi connectivity index (χ0) is 31.8. The van der Waals surface area contributed by atoms with Crippen LogP contribution in [0.1, 0.15) is 22.3 Å². The third-order valence-electron chi connectivity index (χ3n) is 11.8. The van der Waals surface area contributed by atoms with Crippen LogP contribution in [0.3, 0.4) is 0 Å². The molecule has 224 valence electrons. The first-order chi connectivity index (χ1) is 24.3. The second-order valence-corrected chi connectivity index (χ2v) is 13.9. The van der Waals surface area contributed by atoms with E-state index in [4.69, 9.17) is 0 Å². The maximum atomic E-state index is 2.43. The predicted molar refractivity (Wildman–Crippen MR) is 205 cm³/mol. The highest BCUT2D eigenvalue weighted by molar-refractivity contribution is 6.19. The van der Waals surface area contributed by atoms with E-state index in [0.717, 1.165) is 0 Å². The van der Waals surface area contributed by atoms with E-state index in [1.807, 2.05) is 0 Å². The largest absolute Gasteiger partial charge is 0.0737 e. The Bertz CT molecular complexity index is 2860. The summed E-state index contributed by atoms with van der Waals surface area (Å²) < 4.78 is 0. The summed E-state index contributed by atoms with van der Waals surface area (Å²) in [6.07, 6.45) is 0. The van der Waals surface area contributed by atoms with Gasteiger partial charge in [-0.25, -0.2) is 0 Å². The van der Waals surface area contributed by atoms with Crippen molar-refractivity contribution in [3.05, 3.63) is 192 Å². The van der Waals surface area contributed by atoms with E-state index in [9.17, 15) is 0 Å². The van der Waals surface area contributed by atoms with Gasteiger partial charge in [0.25, 0.3) is 0 Å². The van der Waals surface area contributed by atoms with E-state index < -0.39 is 5.41 Å². The van der Waals surface area contributed by atoms with E-state index >= 15 is 0 Å². The Morgan fingerprint density at radius 3 is 1.53 bits per heavy atom. The Morgan fingerprint density at radius 2 is 0.796 bits per heavy atom. The molecule has 0 aromatic heterocycles. The number of fused-ring (bicyclic) bond motifs is 17. The number of rotatable bonds is 1. The van der Waals surface area contributed by atoms with Gasteiger partial charge < -0.3 is 0 Å². The molecule has 0 N–H and O–H groups in total. The normalized spacial score (nSPS) is 13.9. The van der Waals surface area contributed by atoms with E-state index in [2.05, 4.69) is 170 Å². The molecule has 9 aromatic rings. The molecule has 0 heteroatoms. The molecule has 0 saturated carbocycles. The molecule has 0 saturated heterocycles. The molecule has 3 aliphatic carbocycles. The quantitative estimate of drug-likeness (QED) is 0.172. The summed E-state index contributed by atoms with van der Waals surface area (Å²) in [7, 11) is 0. The molecule has 49 heavy (non-hydrogen) atoms. The second-order valence-electron chi connectivity index (χ2n) is 13.9. The fraction of sp³-hybridized carbons (Fsp3) is 0.0204. The molecule has 1 spiro atoms. The van der Waals surface area contributed by atoms with E-state index in [-0.39, 0.29) is 0 Å². The fourth-order valence-electron chi connectivity index (χ4n) is 9.98. The third-order valence-corrected chi connectivity index (χ3v) is 11.8. The van der Waals surface area contributed by atoms with Crippen LogP contribution in [0.2, 0.25) is 0 Å². The van der Waals surface area contributed by atoms with Gasteiger partial charge in [0.2, 0.25) is 0 Å². The molecule has 0 atom stereocenters. The molecule has 3 aliphatic rings. The second kappa shape index (κ2) is 9.01. The van der Waals surface area contributed by atoms with Gasteiger partial charge in [-0.15, -0.1) is 0 Å². The van der Waals surface area contributed by atoms with Gasteiger partial charge in [0.1, 0.15) is 0 Å². The first-order valence-electron chi connectivity index (χ1n) is 17.3. The van der Waals surface area contributed by atoms with Crippen molar-refractivity contribution in [1.29, 1.82) is 0 Å². The Kier molecular flexibility index (Phi) is 4.74. The van der Waals surface area contributed by atoms with E-state index in [1.54, 1.807) is 0 Å². The minimum Gasteiger partial charge on any atom is -0.0619 e. The first-order valence-corrected chi connectivity index (χ1v) is 17.3. The average Bonchev–Trinajstić information content (AvgIpc) is 3.78. The van der Waals surface area contributed by atoms with Crippen molar-refractivity contribution < 1.29 is 0 Å². The molecule has 0 bridgehead atoms. The summed E-state index contributed by atoms with van der Waals surface area (Å²) in [6, 6.07) is 64.2. The number of hydrogen-bond acceptors (Lipinski definition) is 0. The summed E-state index contributed by atoms with van der Waals surface area (Å²) in [6.45, 7) is 0. The molecule has 12 rings (SSSR count). The molecule has 0 radical (unpaired) electrons. The van der Waals surface area contributed by atoms with Crippen LogP contribution in [0.5, 0.6) is 0 Å². The lowest BCUT2D eigenvalue weighted by atomic mass is 9.68. The fourth-order valence-corrected chi connectivity index (χ4v) is 9.98. The Balaban J connectivity index is 1.16. The zero-order valence-corrected chi connectivity index (χ0v) is 26.7. The van der Waals surface area contributed by atoms with Crippen LogP contribution in [0, 0.1) is 0 Å². The van der Waals surface area contributed by atoms with Gasteiger partial charge in [-0.1, -0.05) is 164 Å². The van der Waals surface area contributed by atoms with E-state index in [0.29, 0.717) is 0 Å². The minimum absolute atomic E-state index is 0.409. The molecule has 9 aromatic carbocycles. The van der Waals surface area contributed by atoms with Crippen LogP contribution in [0.25, 0.3) is 88.0 Å². The van der Waals surface area contributed by atoms with Gasteiger partial charge in [-0.3, -0.25) is 0 Å². The molecule has 0 heterocycles. The van der Waals surface area contributed by atoms with Crippen molar-refractivity contribution in [2.45, 2.75) is 5.41 Å². The average molecular weight is 617 g/mol. The first kappa shape index (κ1) is 25.8. The van der Waals surface area contributed by atoms with Crippen LogP contribution >= 0.6 is 0 Å². The Hall–Kier alpha value is -6.24. The molecule has 0 aliphatic heterocycles. The lowest BCUT2D eigenvalue weighted by molar-refractivity contribution is 0.809. The summed E-state index contributed by atoms with van der Waals surface area (Å²) in [4.78, 5) is 0. The van der Waals surface area contributed by atoms with Crippen LogP contribution in [-0.2, 0) is 5.41 Å². The molecule has 0 nitrogen and oxygen atoms in total. The van der Waals surface area contributed by atoms with Crippen LogP contribution in [0.4, 0.5) is 0 Å². The van der Waals surface area contributed by atoms with Crippen molar-refractivity contribution in [2.24, 2.45) is 0 Å². The van der Waals surface area contributed by atoms with Crippen molar-refractivity contribution >= 4 is 32.3 Å². The van der Waals surface area contributed by atoms with Crippen LogP contribution < -0.4 is 0 Å². The summed E-state index contributed by atoms with van der Waals surface area (Å²) in [5.41, 5.74) is 18.5. The Labute approximate surface area is 284 Å². The highest BCUT2D eigenvalue weighted by Gasteiger charge is 2.53. The highest BCUT2D eigenvalue weighted by Crippen LogP contribution is 2.65. The molecule has 0 amide bonds. The third kappa shape index (κ3) is 3.02. The molecule has 0 unspecified atom stereocenters. The van der Waals surface area contributed by atoms with Gasteiger partial charge in [0.15, 0.2) is 0 Å². The van der Waals surface area contributed by atoms with Crippen molar-refractivity contribution in [3.8, 4) is 55.6 Å². The predicted octanol–water partition coefficient (Wildman–Crippen LogP) is 12.8. The van der Waals surface area contributed by atoms with Crippen LogP contribution in [-0.4, -0.2) is 0 Å². The molecular weight excluding hydrogens is 589 g/mol. The SMILES string of the molecule is c1ccc2c(c1)-c1cccc3c(-c4ccc5c6c(ccc5c4)-c4ccc5ccccc5c4C64c5ccccc5-c5ccccc54)ccc-2c13. The van der Waals surface area contributed by atoms with Gasteiger partial charge in [0.05, 0.1) is 5.41 Å². The number of benzene rings is 9. The van der Waals surface area contributed by atoms with Gasteiger partial charge in [-0.05, 0) is 116 Å². The van der Waals surface area contributed by atoms with Crippen molar-refractivity contribution in [3.63, 3.8) is 0 Å². The summed E-state index contributed by atoms with van der Waals surface area (Å²) in [5.74, 6) is 0. The lowest BCUT2D eigenvalue weighted by Crippen LogP contribution is -2.26. The zero-order valence-electron chi connectivity index (χ0n) is 26.7. The standard InChI is InChI=1S/C49H28/c1-2-11-33-29(10-1)20-24-42-43-25-22-31-28-30(32-26-27-41-36-13-4-3-12-35(36)40-17-9-16-39(32)46(40)41)21-23-34(31)48(43)49(47(33)42)44-18-7-5-14-37(44)38-15-6-8-19-45(38)49/h1-28H. The topological polar surface area (TPSA) is 0 Å². The van der Waals surface area contributed by atoms with Crippen molar-refractivity contribution in [2.75, 3.05) is 0 Å². The van der Waals surface area contributed by atoms with Gasteiger partial charge in [0, 0.05) is 0 Å². The van der Waals surface area contributed by atoms with Gasteiger partial charge >= 0.3 is 0 Å². The number of hydrogen-bond donors (Lipinski definition) is 0. The van der Waals surface area contributed by atoms with Gasteiger partial charge in [-0.2, -0.15) is 0 Å². The van der Waals surface area contributed by atoms with Crippen LogP contribution in [0.15, 0.2) is 170 Å². The maximum Gasteiger partial charge on any atom is 0.0737 e. The molecule has 0 fully saturated rings. The lowest BCUT2D eigenvalue weighted by Gasteiger charge is -2.32. The molecular formula is C49H28. The monoisotopic (exact) mass is 616 g/mol. The summed E-state index contributed by atoms with van der Waals surface area (Å²) in [5, 5.41) is 7.92. The summed E-state index contributed by atoms with van der Waals surface area (Å²) >= 11 is 0. The maximum absolute atomic E-state index is 2.43. The van der Waals surface area contributed by atoms with E-state index in [1.165, 1.54) is 110 Å². The Morgan fingerprint density at radius 1 is 0.286 bits per heavy atom.